The fraction of sp³-hybridized carbons (Fsp3) is 0.200. The van der Waals surface area contributed by atoms with E-state index in [4.69, 9.17) is 11.6 Å². The molecule has 68 valence electrons. The summed E-state index contributed by atoms with van der Waals surface area (Å²) in [5.41, 5.74) is 2.52. The van der Waals surface area contributed by atoms with Crippen LogP contribution in [0.25, 0.3) is 10.1 Å². The average Bonchev–Trinajstić information content (AvgIpc) is 2.55. The topological polar surface area (TPSA) is 0 Å². The maximum atomic E-state index is 5.86. The van der Waals surface area contributed by atoms with Gasteiger partial charge in [0.05, 0.1) is 0 Å². The summed E-state index contributed by atoms with van der Waals surface area (Å²) in [6, 6.07) is 4.22. The Labute approximate surface area is 94.7 Å². The van der Waals surface area contributed by atoms with Gasteiger partial charge in [0, 0.05) is 20.4 Å². The lowest BCUT2D eigenvalue weighted by Crippen LogP contribution is -1.80. The molecule has 0 radical (unpaired) electrons. The van der Waals surface area contributed by atoms with E-state index in [-0.39, 0.29) is 0 Å². The summed E-state index contributed by atoms with van der Waals surface area (Å²) >= 11 is 11.1. The molecule has 0 bridgehead atoms. The summed E-state index contributed by atoms with van der Waals surface area (Å²) in [6.07, 6.45) is 0. The highest BCUT2D eigenvalue weighted by atomic mass is 79.9. The number of aryl methyl sites for hydroxylation is 1. The molecule has 1 aromatic heterocycles. The van der Waals surface area contributed by atoms with Gasteiger partial charge in [-0.15, -0.1) is 22.9 Å². The molecule has 0 aliphatic heterocycles. The van der Waals surface area contributed by atoms with Gasteiger partial charge in [-0.1, -0.05) is 15.9 Å². The lowest BCUT2D eigenvalue weighted by atomic mass is 10.1. The molecule has 0 unspecified atom stereocenters. The number of hydrogen-bond acceptors (Lipinski definition) is 1. The monoisotopic (exact) mass is 274 g/mol. The van der Waals surface area contributed by atoms with E-state index < -0.39 is 0 Å². The number of fused-ring (bicyclic) bond motifs is 1. The highest BCUT2D eigenvalue weighted by Crippen LogP contribution is 2.33. The minimum Gasteiger partial charge on any atom is -0.143 e. The van der Waals surface area contributed by atoms with Crippen molar-refractivity contribution in [3.63, 3.8) is 0 Å². The molecule has 2 aromatic rings. The van der Waals surface area contributed by atoms with Gasteiger partial charge in [0.25, 0.3) is 0 Å². The summed E-state index contributed by atoms with van der Waals surface area (Å²) < 4.78 is 2.47. The van der Waals surface area contributed by atoms with Gasteiger partial charge >= 0.3 is 0 Å². The molecule has 0 aliphatic rings. The first kappa shape index (κ1) is 9.50. The van der Waals surface area contributed by atoms with E-state index in [9.17, 15) is 0 Å². The smallest absolute Gasteiger partial charge is 0.0488 e. The predicted molar refractivity (Wildman–Crippen MR) is 63.8 cm³/mol. The number of benzene rings is 1. The number of halogens is 2. The van der Waals surface area contributed by atoms with Crippen LogP contribution in [0, 0.1) is 6.92 Å². The molecule has 2 rings (SSSR count). The van der Waals surface area contributed by atoms with Crippen molar-refractivity contribution in [2.45, 2.75) is 12.8 Å². The Morgan fingerprint density at radius 3 is 2.92 bits per heavy atom. The summed E-state index contributed by atoms with van der Waals surface area (Å²) in [4.78, 5) is 0. The van der Waals surface area contributed by atoms with E-state index in [0.717, 1.165) is 4.47 Å². The number of hydrogen-bond donors (Lipinski definition) is 0. The Bertz CT molecular complexity index is 447. The Kier molecular flexibility index (Phi) is 2.63. The summed E-state index contributed by atoms with van der Waals surface area (Å²) in [5, 5.41) is 3.45. The third kappa shape index (κ3) is 1.51. The maximum absolute atomic E-state index is 5.86. The van der Waals surface area contributed by atoms with E-state index in [1.54, 1.807) is 11.3 Å². The fourth-order valence-electron chi connectivity index (χ4n) is 1.45. The van der Waals surface area contributed by atoms with Gasteiger partial charge in [-0.25, -0.2) is 0 Å². The van der Waals surface area contributed by atoms with Crippen LogP contribution in [-0.4, -0.2) is 0 Å². The molecule has 0 atom stereocenters. The first-order chi connectivity index (χ1) is 6.24. The largest absolute Gasteiger partial charge is 0.143 e. The van der Waals surface area contributed by atoms with Crippen molar-refractivity contribution in [3.05, 3.63) is 33.1 Å². The zero-order valence-electron chi connectivity index (χ0n) is 7.10. The number of alkyl halides is 1. The maximum Gasteiger partial charge on any atom is 0.0488 e. The van der Waals surface area contributed by atoms with E-state index >= 15 is 0 Å². The Balaban J connectivity index is 2.85. The summed E-state index contributed by atoms with van der Waals surface area (Å²) in [5.74, 6) is 0.595. The molecule has 0 aliphatic carbocycles. The van der Waals surface area contributed by atoms with Gasteiger partial charge in [0.1, 0.15) is 0 Å². The quantitative estimate of drug-likeness (QED) is 0.661. The molecule has 0 saturated heterocycles. The SMILES string of the molecule is Cc1c(Br)ccc2scc(CCl)c12. The Morgan fingerprint density at radius 1 is 1.46 bits per heavy atom. The number of rotatable bonds is 1. The first-order valence-electron chi connectivity index (χ1n) is 3.95. The molecule has 13 heavy (non-hydrogen) atoms. The van der Waals surface area contributed by atoms with Gasteiger partial charge in [0.15, 0.2) is 0 Å². The molecule has 0 amide bonds. The zero-order valence-corrected chi connectivity index (χ0v) is 10.3. The predicted octanol–water partition coefficient (Wildman–Crippen LogP) is 4.71. The highest BCUT2D eigenvalue weighted by Gasteiger charge is 2.07. The molecular weight excluding hydrogens is 268 g/mol. The van der Waals surface area contributed by atoms with E-state index in [0.29, 0.717) is 5.88 Å². The number of thiophene rings is 1. The molecule has 1 heterocycles. The van der Waals surface area contributed by atoms with Crippen LogP contribution in [0.4, 0.5) is 0 Å². The van der Waals surface area contributed by atoms with Crippen LogP contribution in [0.1, 0.15) is 11.1 Å². The molecular formula is C10H8BrClS. The molecule has 1 aromatic carbocycles. The molecule has 0 N–H and O–H groups in total. The van der Waals surface area contributed by atoms with Crippen molar-refractivity contribution < 1.29 is 0 Å². The fourth-order valence-corrected chi connectivity index (χ4v) is 3.10. The average molecular weight is 276 g/mol. The molecule has 0 nitrogen and oxygen atoms in total. The first-order valence-corrected chi connectivity index (χ1v) is 6.16. The van der Waals surface area contributed by atoms with E-state index in [1.807, 2.05) is 0 Å². The van der Waals surface area contributed by atoms with Crippen molar-refractivity contribution in [2.75, 3.05) is 0 Å². The standard InChI is InChI=1S/C10H8BrClS/c1-6-8(11)2-3-9-10(6)7(4-12)5-13-9/h2-3,5H,4H2,1H3. The van der Waals surface area contributed by atoms with E-state index in [2.05, 4.69) is 40.4 Å². The minimum absolute atomic E-state index is 0.595. The van der Waals surface area contributed by atoms with Crippen LogP contribution in [0.5, 0.6) is 0 Å². The summed E-state index contributed by atoms with van der Waals surface area (Å²) in [7, 11) is 0. The normalized spacial score (nSPS) is 11.0. The molecule has 0 fully saturated rings. The Morgan fingerprint density at radius 2 is 2.23 bits per heavy atom. The van der Waals surface area contributed by atoms with Gasteiger partial charge in [0.2, 0.25) is 0 Å². The minimum atomic E-state index is 0.595. The lowest BCUT2D eigenvalue weighted by molar-refractivity contribution is 1.43. The molecule has 0 saturated carbocycles. The van der Waals surface area contributed by atoms with Crippen LogP contribution in [0.3, 0.4) is 0 Å². The second-order valence-corrected chi connectivity index (χ2v) is 4.97. The van der Waals surface area contributed by atoms with Crippen LogP contribution in [0.2, 0.25) is 0 Å². The van der Waals surface area contributed by atoms with Crippen LogP contribution in [-0.2, 0) is 5.88 Å². The van der Waals surface area contributed by atoms with Gasteiger partial charge in [-0.05, 0) is 35.6 Å². The van der Waals surface area contributed by atoms with Crippen LogP contribution in [0.15, 0.2) is 22.0 Å². The van der Waals surface area contributed by atoms with Gasteiger partial charge in [-0.2, -0.15) is 0 Å². The third-order valence-electron chi connectivity index (χ3n) is 2.15. The van der Waals surface area contributed by atoms with Crippen LogP contribution < -0.4 is 0 Å². The Hall–Kier alpha value is -0.0500. The van der Waals surface area contributed by atoms with Gasteiger partial charge in [-0.3, -0.25) is 0 Å². The second-order valence-electron chi connectivity index (χ2n) is 2.94. The van der Waals surface area contributed by atoms with Crippen molar-refractivity contribution in [2.24, 2.45) is 0 Å². The van der Waals surface area contributed by atoms with Crippen LogP contribution >= 0.6 is 38.9 Å². The summed E-state index contributed by atoms with van der Waals surface area (Å²) in [6.45, 7) is 2.12. The van der Waals surface area contributed by atoms with Gasteiger partial charge < -0.3 is 0 Å². The highest BCUT2D eigenvalue weighted by molar-refractivity contribution is 9.10. The lowest BCUT2D eigenvalue weighted by Gasteiger charge is -2.01. The van der Waals surface area contributed by atoms with E-state index in [1.165, 1.54) is 21.2 Å². The zero-order chi connectivity index (χ0) is 9.42. The molecule has 3 heteroatoms. The van der Waals surface area contributed by atoms with Crippen molar-refractivity contribution in [3.8, 4) is 0 Å². The second kappa shape index (κ2) is 3.60. The molecule has 0 spiro atoms. The van der Waals surface area contributed by atoms with Crippen molar-refractivity contribution in [1.29, 1.82) is 0 Å². The third-order valence-corrected chi connectivity index (χ3v) is 4.30. The van der Waals surface area contributed by atoms with Crippen molar-refractivity contribution >= 4 is 49.0 Å². The van der Waals surface area contributed by atoms with Crippen molar-refractivity contribution in [1.82, 2.24) is 0 Å².